The molecule has 0 aromatic carbocycles. The fraction of sp³-hybridized carbons (Fsp3) is 0.750. The second kappa shape index (κ2) is 7.82. The molecule has 0 spiro atoms. The Morgan fingerprint density at radius 2 is 1.75 bits per heavy atom. The third kappa shape index (κ3) is 3.59. The van der Waals surface area contributed by atoms with Gasteiger partial charge in [-0.2, -0.15) is 0 Å². The van der Waals surface area contributed by atoms with Gasteiger partial charge in [0.1, 0.15) is 5.78 Å². The van der Waals surface area contributed by atoms with Crippen LogP contribution in [0.1, 0.15) is 32.6 Å². The van der Waals surface area contributed by atoms with Crippen LogP contribution < -0.4 is 0 Å². The van der Waals surface area contributed by atoms with Crippen molar-refractivity contribution in [1.82, 2.24) is 0 Å². The molecule has 6 nitrogen and oxygen atoms in total. The van der Waals surface area contributed by atoms with Gasteiger partial charge in [0.15, 0.2) is 5.41 Å². The Morgan fingerprint density at radius 3 is 2.21 bits per heavy atom. The average Bonchev–Trinajstić information content (AvgIpc) is 3.40. The minimum absolute atomic E-state index is 0.125. The van der Waals surface area contributed by atoms with Crippen LogP contribution in [0.4, 0.5) is 0 Å². The summed E-state index contributed by atoms with van der Waals surface area (Å²) in [5, 5.41) is -0.515. The van der Waals surface area contributed by atoms with Crippen LogP contribution in [0.15, 0.2) is 0 Å². The van der Waals surface area contributed by atoms with Crippen LogP contribution in [0.2, 0.25) is 0 Å². The Bertz CT molecular complexity index is 527. The Morgan fingerprint density at radius 1 is 1.17 bits per heavy atom. The third-order valence-electron chi connectivity index (χ3n) is 4.58. The van der Waals surface area contributed by atoms with Gasteiger partial charge < -0.3 is 14.2 Å². The fourth-order valence-corrected chi connectivity index (χ4v) is 4.88. The van der Waals surface area contributed by atoms with Gasteiger partial charge >= 0.3 is 11.9 Å². The van der Waals surface area contributed by atoms with Crippen molar-refractivity contribution in [2.75, 3.05) is 20.8 Å². The number of hydrogen-bond donors (Lipinski definition) is 0. The minimum atomic E-state index is -1.43. The zero-order valence-electron chi connectivity index (χ0n) is 14.0. The summed E-state index contributed by atoms with van der Waals surface area (Å²) in [6, 6.07) is 0. The summed E-state index contributed by atoms with van der Waals surface area (Å²) in [5.74, 6) is -1.10. The molecule has 2 saturated carbocycles. The van der Waals surface area contributed by atoms with Gasteiger partial charge in [-0.1, -0.05) is 11.8 Å². The molecular formula is C16H22O6S2. The average molecular weight is 374 g/mol. The van der Waals surface area contributed by atoms with Gasteiger partial charge in [0.05, 0.1) is 20.8 Å². The van der Waals surface area contributed by atoms with Gasteiger partial charge in [-0.25, -0.2) is 0 Å². The van der Waals surface area contributed by atoms with Crippen LogP contribution in [0, 0.1) is 17.3 Å². The molecule has 2 atom stereocenters. The molecule has 8 heteroatoms. The molecule has 24 heavy (non-hydrogen) atoms. The normalized spacial score (nSPS) is 24.5. The van der Waals surface area contributed by atoms with Crippen LogP contribution in [-0.2, 0) is 28.6 Å². The molecule has 2 aliphatic rings. The van der Waals surface area contributed by atoms with E-state index in [-0.39, 0.29) is 28.4 Å². The summed E-state index contributed by atoms with van der Waals surface area (Å²) in [6.45, 7) is 2.20. The third-order valence-corrected chi connectivity index (χ3v) is 6.34. The van der Waals surface area contributed by atoms with Crippen molar-refractivity contribution < 1.29 is 28.6 Å². The van der Waals surface area contributed by atoms with Crippen molar-refractivity contribution >= 4 is 46.1 Å². The second-order valence-electron chi connectivity index (χ2n) is 6.08. The molecule has 0 aromatic heterocycles. The lowest BCUT2D eigenvalue weighted by Crippen LogP contribution is -2.61. The van der Waals surface area contributed by atoms with Crippen molar-refractivity contribution in [1.29, 1.82) is 0 Å². The summed E-state index contributed by atoms with van der Waals surface area (Å²) < 4.78 is 15.2. The summed E-state index contributed by atoms with van der Waals surface area (Å²) in [6.07, 6.45) is 2.43. The zero-order chi connectivity index (χ0) is 17.9. The van der Waals surface area contributed by atoms with Crippen molar-refractivity contribution in [2.24, 2.45) is 17.3 Å². The highest BCUT2D eigenvalue weighted by atomic mass is 32.2. The highest BCUT2D eigenvalue weighted by Gasteiger charge is 2.66. The molecule has 2 fully saturated rings. The van der Waals surface area contributed by atoms with Crippen molar-refractivity contribution in [3.8, 4) is 0 Å². The van der Waals surface area contributed by atoms with Gasteiger partial charge in [-0.15, -0.1) is 0 Å². The smallest absolute Gasteiger partial charge is 0.324 e. The van der Waals surface area contributed by atoms with E-state index in [4.69, 9.17) is 26.4 Å². The van der Waals surface area contributed by atoms with E-state index in [0.717, 1.165) is 24.6 Å². The maximum atomic E-state index is 12.3. The topological polar surface area (TPSA) is 78.9 Å². The van der Waals surface area contributed by atoms with Crippen molar-refractivity contribution in [3.63, 3.8) is 0 Å². The number of esters is 2. The number of ether oxygens (including phenoxy) is 3. The lowest BCUT2D eigenvalue weighted by atomic mass is 9.59. The molecule has 0 aliphatic heterocycles. The van der Waals surface area contributed by atoms with E-state index in [1.165, 1.54) is 14.2 Å². The number of thiocarbonyl (C=S) groups is 1. The maximum Gasteiger partial charge on any atom is 0.324 e. The Balaban J connectivity index is 2.21. The molecule has 0 N–H and O–H groups in total. The lowest BCUT2D eigenvalue weighted by Gasteiger charge is -2.49. The van der Waals surface area contributed by atoms with Gasteiger partial charge in [0, 0.05) is 17.6 Å². The molecule has 0 heterocycles. The number of Topliss-reactive ketones (excluding diaryl/α,β-unsaturated/α-hetero) is 1. The van der Waals surface area contributed by atoms with E-state index in [1.807, 2.05) is 0 Å². The monoisotopic (exact) mass is 374 g/mol. The highest BCUT2D eigenvalue weighted by molar-refractivity contribution is 8.23. The molecular weight excluding hydrogens is 352 g/mol. The van der Waals surface area contributed by atoms with Crippen LogP contribution in [0.3, 0.4) is 0 Å². The first-order valence-electron chi connectivity index (χ1n) is 7.93. The standard InChI is InChI=1S/C16H22O6S2/c1-4-22-15(23)24-12-10(7-11(17)9-5-6-9)8-16(12,13(18)20-2)14(19)21-3/h9-10,12H,4-8H2,1-3H3/t10-,12+/m0/s1. The Labute approximate surface area is 151 Å². The number of thioether (sulfide) groups is 1. The van der Waals surface area contributed by atoms with Gasteiger partial charge in [-0.05, 0) is 44.3 Å². The van der Waals surface area contributed by atoms with Crippen LogP contribution in [0.25, 0.3) is 0 Å². The van der Waals surface area contributed by atoms with Crippen LogP contribution >= 0.6 is 24.0 Å². The molecule has 0 amide bonds. The summed E-state index contributed by atoms with van der Waals surface area (Å²) in [5.41, 5.74) is -1.43. The highest BCUT2D eigenvalue weighted by Crippen LogP contribution is 2.56. The molecule has 0 bridgehead atoms. The quantitative estimate of drug-likeness (QED) is 0.381. The Hall–Kier alpha value is -1.15. The van der Waals surface area contributed by atoms with Crippen molar-refractivity contribution in [3.05, 3.63) is 0 Å². The number of rotatable bonds is 7. The van der Waals surface area contributed by atoms with E-state index >= 15 is 0 Å². The number of carbonyl (C=O) groups is 3. The van der Waals surface area contributed by atoms with Gasteiger partial charge in [0.25, 0.3) is 0 Å². The molecule has 134 valence electrons. The maximum absolute atomic E-state index is 12.3. The van der Waals surface area contributed by atoms with E-state index < -0.39 is 22.6 Å². The number of methoxy groups -OCH3 is 2. The summed E-state index contributed by atoms with van der Waals surface area (Å²) >= 11 is 6.30. The summed E-state index contributed by atoms with van der Waals surface area (Å²) in [4.78, 5) is 36.8. The number of carbonyl (C=O) groups excluding carboxylic acids is 3. The van der Waals surface area contributed by atoms with E-state index in [9.17, 15) is 14.4 Å². The summed E-state index contributed by atoms with van der Waals surface area (Å²) in [7, 11) is 2.47. The number of hydrogen-bond acceptors (Lipinski definition) is 8. The second-order valence-corrected chi connectivity index (χ2v) is 7.83. The molecule has 2 aliphatic carbocycles. The predicted octanol–water partition coefficient (Wildman–Crippen LogP) is 2.13. The van der Waals surface area contributed by atoms with Crippen molar-refractivity contribution in [2.45, 2.75) is 37.9 Å². The first-order valence-corrected chi connectivity index (χ1v) is 9.22. The van der Waals surface area contributed by atoms with E-state index in [2.05, 4.69) is 0 Å². The van der Waals surface area contributed by atoms with Gasteiger partial charge in [0.2, 0.25) is 4.38 Å². The molecule has 0 radical (unpaired) electrons. The lowest BCUT2D eigenvalue weighted by molar-refractivity contribution is -0.179. The molecule has 0 aromatic rings. The Kier molecular flexibility index (Phi) is 6.25. The predicted molar refractivity (Wildman–Crippen MR) is 92.5 cm³/mol. The zero-order valence-corrected chi connectivity index (χ0v) is 15.7. The first kappa shape index (κ1) is 19.2. The molecule has 0 unspecified atom stereocenters. The largest absolute Gasteiger partial charge is 0.479 e. The van der Waals surface area contributed by atoms with E-state index in [1.54, 1.807) is 6.92 Å². The molecule has 0 saturated heterocycles. The van der Waals surface area contributed by atoms with E-state index in [0.29, 0.717) is 13.0 Å². The fourth-order valence-electron chi connectivity index (χ4n) is 3.19. The van der Waals surface area contributed by atoms with Gasteiger partial charge in [-0.3, -0.25) is 14.4 Å². The number of ketones is 1. The first-order chi connectivity index (χ1) is 11.4. The van der Waals surface area contributed by atoms with Crippen LogP contribution in [0.5, 0.6) is 0 Å². The molecule has 2 rings (SSSR count). The van der Waals surface area contributed by atoms with Crippen LogP contribution in [-0.4, -0.2) is 48.2 Å². The SMILES string of the molecule is CCOC(=S)S[C@@H]1[C@@H](CC(=O)C2CC2)CC1(C(=O)OC)C(=O)OC. The minimum Gasteiger partial charge on any atom is -0.479 e.